The van der Waals surface area contributed by atoms with E-state index in [9.17, 15) is 4.79 Å². The van der Waals surface area contributed by atoms with Gasteiger partial charge in [0.05, 0.1) is 11.9 Å². The fourth-order valence-corrected chi connectivity index (χ4v) is 2.45. The number of halogens is 1. The van der Waals surface area contributed by atoms with Crippen LogP contribution in [0, 0.1) is 6.92 Å². The average Bonchev–Trinajstić information content (AvgIpc) is 2.59. The average molecular weight is 339 g/mol. The Kier molecular flexibility index (Phi) is 4.87. The summed E-state index contributed by atoms with van der Waals surface area (Å²) < 4.78 is 5.50. The minimum Gasteiger partial charge on any atom is -0.421 e. The van der Waals surface area contributed by atoms with E-state index < -0.39 is 5.97 Å². The van der Waals surface area contributed by atoms with Crippen molar-refractivity contribution in [2.24, 2.45) is 0 Å². The highest BCUT2D eigenvalue weighted by Gasteiger charge is 2.14. The highest BCUT2D eigenvalue weighted by Crippen LogP contribution is 2.26. The summed E-state index contributed by atoms with van der Waals surface area (Å²) in [4.78, 5) is 20.4. The Labute approximate surface area is 145 Å². The van der Waals surface area contributed by atoms with Gasteiger partial charge in [0, 0.05) is 23.2 Å². The summed E-state index contributed by atoms with van der Waals surface area (Å²) in [7, 11) is 0. The van der Waals surface area contributed by atoms with Crippen molar-refractivity contribution >= 4 is 17.6 Å². The second-order valence-corrected chi connectivity index (χ2v) is 5.78. The van der Waals surface area contributed by atoms with Gasteiger partial charge in [0.25, 0.3) is 0 Å². The smallest absolute Gasteiger partial charge is 0.363 e. The highest BCUT2D eigenvalue weighted by molar-refractivity contribution is 6.30. The zero-order valence-electron chi connectivity index (χ0n) is 13.1. The number of carbonyl (C=O) groups is 1. The van der Waals surface area contributed by atoms with Crippen LogP contribution in [0.15, 0.2) is 60.9 Å². The molecule has 4 nitrogen and oxygen atoms in total. The fourth-order valence-electron chi connectivity index (χ4n) is 2.25. The maximum Gasteiger partial charge on any atom is 0.363 e. The number of nitrogens with zero attached hydrogens (tertiary/aromatic N) is 2. The first kappa shape index (κ1) is 16.1. The van der Waals surface area contributed by atoms with Crippen LogP contribution in [-0.4, -0.2) is 15.9 Å². The van der Waals surface area contributed by atoms with E-state index in [-0.39, 0.29) is 5.69 Å². The molecule has 0 atom stereocenters. The van der Waals surface area contributed by atoms with Crippen LogP contribution in [-0.2, 0) is 6.42 Å². The first-order valence-corrected chi connectivity index (χ1v) is 7.83. The topological polar surface area (TPSA) is 52.1 Å². The van der Waals surface area contributed by atoms with Crippen molar-refractivity contribution in [3.05, 3.63) is 88.5 Å². The van der Waals surface area contributed by atoms with Gasteiger partial charge in [0.1, 0.15) is 5.75 Å². The fraction of sp³-hybridized carbons (Fsp3) is 0.105. The largest absolute Gasteiger partial charge is 0.421 e. The van der Waals surface area contributed by atoms with Crippen molar-refractivity contribution in [1.29, 1.82) is 0 Å². The lowest BCUT2D eigenvalue weighted by molar-refractivity contribution is 0.0726. The number of aryl methyl sites for hydroxylation is 1. The predicted octanol–water partition coefficient (Wildman–Crippen LogP) is 4.25. The molecule has 5 heteroatoms. The molecule has 3 aromatic rings. The molecule has 120 valence electrons. The van der Waals surface area contributed by atoms with Crippen molar-refractivity contribution in [2.75, 3.05) is 0 Å². The molecule has 0 aliphatic rings. The predicted molar refractivity (Wildman–Crippen MR) is 92.4 cm³/mol. The maximum absolute atomic E-state index is 12.3. The summed E-state index contributed by atoms with van der Waals surface area (Å²) in [6.45, 7) is 1.80. The highest BCUT2D eigenvalue weighted by atomic mass is 35.5. The minimum atomic E-state index is -0.542. The summed E-state index contributed by atoms with van der Waals surface area (Å²) in [5, 5.41) is 0.593. The van der Waals surface area contributed by atoms with E-state index >= 15 is 0 Å². The van der Waals surface area contributed by atoms with Gasteiger partial charge in [-0.1, -0.05) is 41.9 Å². The number of rotatable bonds is 4. The molecular weight excluding hydrogens is 324 g/mol. The third-order valence-corrected chi connectivity index (χ3v) is 3.69. The number of carbonyl (C=O) groups excluding carboxylic acids is 1. The molecule has 0 radical (unpaired) electrons. The summed E-state index contributed by atoms with van der Waals surface area (Å²) >= 11 is 6.09. The Bertz CT molecular complexity index is 849. The van der Waals surface area contributed by atoms with Gasteiger partial charge in [-0.25, -0.2) is 9.78 Å². The normalized spacial score (nSPS) is 10.4. The van der Waals surface area contributed by atoms with Crippen molar-refractivity contribution in [2.45, 2.75) is 13.3 Å². The van der Waals surface area contributed by atoms with Gasteiger partial charge >= 0.3 is 5.97 Å². The molecular formula is C19H15ClN2O2. The van der Waals surface area contributed by atoms with Gasteiger partial charge in [-0.2, -0.15) is 0 Å². The van der Waals surface area contributed by atoms with E-state index in [0.717, 1.165) is 16.8 Å². The SMILES string of the molecule is Cc1cnc(C(=O)Oc2ccc(Cl)cc2Cc2ccccc2)cn1. The maximum atomic E-state index is 12.3. The number of benzene rings is 2. The molecule has 0 aliphatic carbocycles. The Morgan fingerprint density at radius 3 is 2.58 bits per heavy atom. The quantitative estimate of drug-likeness (QED) is 0.527. The third kappa shape index (κ3) is 3.97. The summed E-state index contributed by atoms with van der Waals surface area (Å²) in [5.41, 5.74) is 2.85. The number of hydrogen-bond acceptors (Lipinski definition) is 4. The first-order valence-electron chi connectivity index (χ1n) is 7.45. The molecule has 0 saturated heterocycles. The number of esters is 1. The first-order chi connectivity index (χ1) is 11.6. The van der Waals surface area contributed by atoms with Gasteiger partial charge in [-0.3, -0.25) is 4.98 Å². The molecule has 0 unspecified atom stereocenters. The number of aromatic nitrogens is 2. The van der Waals surface area contributed by atoms with E-state index in [1.54, 1.807) is 25.1 Å². The zero-order valence-corrected chi connectivity index (χ0v) is 13.8. The van der Waals surface area contributed by atoms with Gasteiger partial charge in [0.15, 0.2) is 5.69 Å². The standard InChI is InChI=1S/C19H15ClN2O2/c1-13-11-22-17(12-21-13)19(23)24-18-8-7-16(20)10-15(18)9-14-5-3-2-4-6-14/h2-8,10-12H,9H2,1H3. The van der Waals surface area contributed by atoms with Crippen LogP contribution in [0.1, 0.15) is 27.3 Å². The van der Waals surface area contributed by atoms with Crippen LogP contribution in [0.2, 0.25) is 5.02 Å². The third-order valence-electron chi connectivity index (χ3n) is 3.45. The monoisotopic (exact) mass is 338 g/mol. The van der Waals surface area contributed by atoms with Gasteiger partial charge in [0.2, 0.25) is 0 Å². The molecule has 0 aliphatic heterocycles. The van der Waals surface area contributed by atoms with Crippen LogP contribution in [0.4, 0.5) is 0 Å². The Morgan fingerprint density at radius 2 is 1.88 bits per heavy atom. The Hall–Kier alpha value is -2.72. The Balaban J connectivity index is 1.85. The van der Waals surface area contributed by atoms with Crippen LogP contribution in [0.5, 0.6) is 5.75 Å². The molecule has 1 aromatic heterocycles. The molecule has 0 bridgehead atoms. The van der Waals surface area contributed by atoms with Gasteiger partial charge in [-0.15, -0.1) is 0 Å². The molecule has 3 rings (SSSR count). The number of ether oxygens (including phenoxy) is 1. The van der Waals surface area contributed by atoms with Crippen molar-refractivity contribution in [1.82, 2.24) is 9.97 Å². The lowest BCUT2D eigenvalue weighted by Crippen LogP contribution is -2.12. The molecule has 0 N–H and O–H groups in total. The van der Waals surface area contributed by atoms with Crippen LogP contribution >= 0.6 is 11.6 Å². The van der Waals surface area contributed by atoms with E-state index in [1.165, 1.54) is 12.4 Å². The van der Waals surface area contributed by atoms with Crippen LogP contribution < -0.4 is 4.74 Å². The molecule has 0 amide bonds. The lowest BCUT2D eigenvalue weighted by Gasteiger charge is -2.10. The van der Waals surface area contributed by atoms with Crippen LogP contribution in [0.3, 0.4) is 0 Å². The zero-order chi connectivity index (χ0) is 16.9. The van der Waals surface area contributed by atoms with E-state index in [4.69, 9.17) is 16.3 Å². The van der Waals surface area contributed by atoms with E-state index in [2.05, 4.69) is 9.97 Å². The molecule has 0 fully saturated rings. The summed E-state index contributed by atoms with van der Waals surface area (Å²) in [5.74, 6) is -0.0743. The summed E-state index contributed by atoms with van der Waals surface area (Å²) in [6.07, 6.45) is 3.55. The molecule has 0 saturated carbocycles. The second-order valence-electron chi connectivity index (χ2n) is 5.35. The molecule has 1 heterocycles. The van der Waals surface area contributed by atoms with Gasteiger partial charge < -0.3 is 4.74 Å². The number of hydrogen-bond donors (Lipinski definition) is 0. The van der Waals surface area contributed by atoms with E-state index in [1.807, 2.05) is 30.3 Å². The lowest BCUT2D eigenvalue weighted by atomic mass is 10.0. The van der Waals surface area contributed by atoms with Crippen molar-refractivity contribution < 1.29 is 9.53 Å². The van der Waals surface area contributed by atoms with E-state index in [0.29, 0.717) is 17.2 Å². The second kappa shape index (κ2) is 7.23. The van der Waals surface area contributed by atoms with Crippen molar-refractivity contribution in [3.8, 4) is 5.75 Å². The minimum absolute atomic E-state index is 0.168. The van der Waals surface area contributed by atoms with Crippen LogP contribution in [0.25, 0.3) is 0 Å². The molecule has 24 heavy (non-hydrogen) atoms. The van der Waals surface area contributed by atoms with Crippen molar-refractivity contribution in [3.63, 3.8) is 0 Å². The Morgan fingerprint density at radius 1 is 1.08 bits per heavy atom. The molecule has 0 spiro atoms. The van der Waals surface area contributed by atoms with Gasteiger partial charge in [-0.05, 0) is 30.7 Å². The summed E-state index contributed by atoms with van der Waals surface area (Å²) in [6, 6.07) is 15.1. The molecule has 2 aromatic carbocycles.